The molecule has 6 rings (SSSR count). The quantitative estimate of drug-likeness (QED) is 0.198. The Morgan fingerprint density at radius 1 is 0.979 bits per heavy atom. The Balaban J connectivity index is 1.19. The maximum Gasteiger partial charge on any atom is 0.416 e. The molecule has 0 saturated carbocycles. The highest BCUT2D eigenvalue weighted by atomic mass is 19.4. The van der Waals surface area contributed by atoms with Gasteiger partial charge in [0.25, 0.3) is 5.91 Å². The SMILES string of the molecule is Cc1ccc(C(=O)Nc2cc(C(F)(F)F)ccc2OC2CCN(C)CC2)cc1-c1ccc2nc(NCCN3CCCCC3)ncc2c1. The summed E-state index contributed by atoms with van der Waals surface area (Å²) in [5.41, 5.74) is 2.92. The van der Waals surface area contributed by atoms with Gasteiger partial charge in [0.2, 0.25) is 5.95 Å². The minimum atomic E-state index is -4.56. The van der Waals surface area contributed by atoms with Crippen LogP contribution in [0.2, 0.25) is 0 Å². The number of piperidine rings is 2. The summed E-state index contributed by atoms with van der Waals surface area (Å²) >= 11 is 0. The van der Waals surface area contributed by atoms with E-state index in [1.807, 2.05) is 38.2 Å². The Morgan fingerprint density at radius 2 is 1.77 bits per heavy atom. The molecule has 47 heavy (non-hydrogen) atoms. The second-order valence-electron chi connectivity index (χ2n) is 12.6. The molecule has 3 aromatic carbocycles. The number of carbonyl (C=O) groups is 1. The van der Waals surface area contributed by atoms with Gasteiger partial charge in [-0.3, -0.25) is 4.79 Å². The molecule has 248 valence electrons. The summed E-state index contributed by atoms with van der Waals surface area (Å²) in [6.07, 6.45) is 2.41. The van der Waals surface area contributed by atoms with Gasteiger partial charge in [0.05, 0.1) is 16.8 Å². The largest absolute Gasteiger partial charge is 0.488 e. The summed E-state index contributed by atoms with van der Waals surface area (Å²) in [6.45, 7) is 7.64. The third kappa shape index (κ3) is 8.20. The Bertz CT molecular complexity index is 1720. The highest BCUT2D eigenvalue weighted by Gasteiger charge is 2.32. The lowest BCUT2D eigenvalue weighted by atomic mass is 9.97. The van der Waals surface area contributed by atoms with Gasteiger partial charge in [-0.1, -0.05) is 18.6 Å². The molecule has 2 aliphatic heterocycles. The third-order valence-corrected chi connectivity index (χ3v) is 9.06. The van der Waals surface area contributed by atoms with Crippen LogP contribution in [-0.4, -0.2) is 78.1 Å². The maximum atomic E-state index is 13.6. The number of hydrogen-bond acceptors (Lipinski definition) is 7. The van der Waals surface area contributed by atoms with Gasteiger partial charge in [0.1, 0.15) is 11.9 Å². The Morgan fingerprint density at radius 3 is 2.53 bits per heavy atom. The predicted octanol–water partition coefficient (Wildman–Crippen LogP) is 7.25. The van der Waals surface area contributed by atoms with Gasteiger partial charge in [0.15, 0.2) is 0 Å². The van der Waals surface area contributed by atoms with Gasteiger partial charge in [0, 0.05) is 43.3 Å². The van der Waals surface area contributed by atoms with Crippen LogP contribution in [0.25, 0.3) is 22.0 Å². The van der Waals surface area contributed by atoms with Crippen molar-refractivity contribution in [1.29, 1.82) is 0 Å². The predicted molar refractivity (Wildman–Crippen MR) is 179 cm³/mol. The number of likely N-dealkylation sites (tertiary alicyclic amines) is 2. The van der Waals surface area contributed by atoms with Crippen LogP contribution in [0.15, 0.2) is 60.8 Å². The van der Waals surface area contributed by atoms with Gasteiger partial charge >= 0.3 is 6.18 Å². The van der Waals surface area contributed by atoms with Crippen LogP contribution in [0.5, 0.6) is 5.75 Å². The number of fused-ring (bicyclic) bond motifs is 1. The third-order valence-electron chi connectivity index (χ3n) is 9.06. The molecule has 0 aliphatic carbocycles. The van der Waals surface area contributed by atoms with Crippen molar-refractivity contribution in [2.75, 3.05) is 56.9 Å². The highest BCUT2D eigenvalue weighted by Crippen LogP contribution is 2.37. The van der Waals surface area contributed by atoms with Gasteiger partial charge in [-0.2, -0.15) is 13.2 Å². The van der Waals surface area contributed by atoms with Gasteiger partial charge in [-0.05, 0) is 112 Å². The highest BCUT2D eigenvalue weighted by molar-refractivity contribution is 6.06. The normalized spacial score (nSPS) is 16.7. The van der Waals surface area contributed by atoms with Crippen LogP contribution in [-0.2, 0) is 6.18 Å². The molecule has 2 N–H and O–H groups in total. The zero-order valence-electron chi connectivity index (χ0n) is 26.9. The van der Waals surface area contributed by atoms with E-state index in [9.17, 15) is 18.0 Å². The number of ether oxygens (including phenoxy) is 1. The van der Waals surface area contributed by atoms with E-state index in [-0.39, 0.29) is 17.5 Å². The number of halogens is 3. The van der Waals surface area contributed by atoms with Crippen LogP contribution in [0, 0.1) is 6.92 Å². The van der Waals surface area contributed by atoms with Crippen molar-refractivity contribution in [3.8, 4) is 16.9 Å². The number of nitrogens with one attached hydrogen (secondary N) is 2. The lowest BCUT2D eigenvalue weighted by Gasteiger charge is -2.30. The zero-order chi connectivity index (χ0) is 33.0. The summed E-state index contributed by atoms with van der Waals surface area (Å²) in [5, 5.41) is 6.90. The molecule has 0 radical (unpaired) electrons. The summed E-state index contributed by atoms with van der Waals surface area (Å²) in [5.74, 6) is 0.289. The summed E-state index contributed by atoms with van der Waals surface area (Å²) in [7, 11) is 2.02. The minimum Gasteiger partial charge on any atom is -0.488 e. The van der Waals surface area contributed by atoms with E-state index in [0.29, 0.717) is 11.5 Å². The molecule has 2 saturated heterocycles. The number of alkyl halides is 3. The second-order valence-corrected chi connectivity index (χ2v) is 12.6. The zero-order valence-corrected chi connectivity index (χ0v) is 26.9. The minimum absolute atomic E-state index is 0.00549. The molecule has 4 aromatic rings. The first-order chi connectivity index (χ1) is 22.6. The van der Waals surface area contributed by atoms with E-state index in [1.165, 1.54) is 25.3 Å². The van der Waals surface area contributed by atoms with Gasteiger partial charge in [-0.25, -0.2) is 9.97 Å². The molecule has 11 heteroatoms. The number of aromatic nitrogens is 2. The van der Waals surface area contributed by atoms with E-state index in [2.05, 4.69) is 30.4 Å². The van der Waals surface area contributed by atoms with Crippen molar-refractivity contribution < 1.29 is 22.7 Å². The number of amides is 1. The molecule has 0 unspecified atom stereocenters. The lowest BCUT2D eigenvalue weighted by Crippen LogP contribution is -2.35. The number of anilines is 2. The summed E-state index contributed by atoms with van der Waals surface area (Å²) in [4.78, 5) is 27.4. The van der Waals surface area contributed by atoms with Crippen LogP contribution in [0.4, 0.5) is 24.8 Å². The fraction of sp³-hybridized carbons (Fsp3) is 0.417. The standard InChI is InChI=1S/C36H41F3N6O2/c1-24-6-7-26(34(46)42-32-22-28(36(37,38)39)9-11-33(32)47-29-12-17-44(2)18-13-29)21-30(24)25-8-10-31-27(20-25)23-41-35(43-31)40-14-19-45-15-4-3-5-16-45/h6-11,20-23,29H,3-5,12-19H2,1-2H3,(H,42,46)(H,40,41,43). The van der Waals surface area contributed by atoms with E-state index in [0.717, 1.165) is 91.8 Å². The van der Waals surface area contributed by atoms with Crippen molar-refractivity contribution in [2.24, 2.45) is 0 Å². The van der Waals surface area contributed by atoms with E-state index in [1.54, 1.807) is 18.3 Å². The van der Waals surface area contributed by atoms with Crippen molar-refractivity contribution >= 4 is 28.4 Å². The van der Waals surface area contributed by atoms with Crippen molar-refractivity contribution in [3.63, 3.8) is 0 Å². The number of nitrogens with zero attached hydrogens (tertiary/aromatic N) is 4. The van der Waals surface area contributed by atoms with Crippen LogP contribution in [0.3, 0.4) is 0 Å². The van der Waals surface area contributed by atoms with Crippen LogP contribution >= 0.6 is 0 Å². The Hall–Kier alpha value is -4.22. The molecule has 0 spiro atoms. The lowest BCUT2D eigenvalue weighted by molar-refractivity contribution is -0.137. The first-order valence-electron chi connectivity index (χ1n) is 16.3. The number of aryl methyl sites for hydroxylation is 1. The number of carbonyl (C=O) groups excluding carboxylic acids is 1. The monoisotopic (exact) mass is 646 g/mol. The first kappa shape index (κ1) is 32.7. The molecule has 1 aromatic heterocycles. The molecule has 1 amide bonds. The molecule has 3 heterocycles. The van der Waals surface area contributed by atoms with Crippen molar-refractivity contribution in [3.05, 3.63) is 77.5 Å². The van der Waals surface area contributed by atoms with Gasteiger partial charge < -0.3 is 25.2 Å². The average molecular weight is 647 g/mol. The molecule has 2 fully saturated rings. The fourth-order valence-corrected chi connectivity index (χ4v) is 6.25. The number of benzene rings is 3. The first-order valence-corrected chi connectivity index (χ1v) is 16.3. The average Bonchev–Trinajstić information content (AvgIpc) is 3.06. The topological polar surface area (TPSA) is 82.6 Å². The van der Waals surface area contributed by atoms with E-state index < -0.39 is 17.6 Å². The summed E-state index contributed by atoms with van der Waals surface area (Å²) < 4.78 is 47.0. The number of hydrogen-bond donors (Lipinski definition) is 2. The smallest absolute Gasteiger partial charge is 0.416 e. The van der Waals surface area contributed by atoms with E-state index in [4.69, 9.17) is 4.74 Å². The fourth-order valence-electron chi connectivity index (χ4n) is 6.25. The Kier molecular flexibility index (Phi) is 9.93. The van der Waals surface area contributed by atoms with Crippen molar-refractivity contribution in [2.45, 2.75) is 51.3 Å². The summed E-state index contributed by atoms with van der Waals surface area (Å²) in [6, 6.07) is 14.4. The number of rotatable bonds is 9. The molecule has 0 atom stereocenters. The molecule has 2 aliphatic rings. The maximum absolute atomic E-state index is 13.6. The van der Waals surface area contributed by atoms with Crippen LogP contribution < -0.4 is 15.4 Å². The van der Waals surface area contributed by atoms with Crippen LogP contribution in [0.1, 0.15) is 53.6 Å². The van der Waals surface area contributed by atoms with Gasteiger partial charge in [-0.15, -0.1) is 0 Å². The molecule has 0 bridgehead atoms. The molecular weight excluding hydrogens is 605 g/mol. The van der Waals surface area contributed by atoms with Crippen molar-refractivity contribution in [1.82, 2.24) is 19.8 Å². The Labute approximate surface area is 273 Å². The van der Waals surface area contributed by atoms with E-state index >= 15 is 0 Å². The second kappa shape index (κ2) is 14.3. The molecule has 8 nitrogen and oxygen atoms in total. The molecular formula is C36H41F3N6O2.